The summed E-state index contributed by atoms with van der Waals surface area (Å²) in [5.74, 6) is 0. The highest BCUT2D eigenvalue weighted by atomic mass is 15.2. The van der Waals surface area contributed by atoms with Gasteiger partial charge in [0.2, 0.25) is 0 Å². The van der Waals surface area contributed by atoms with Gasteiger partial charge < -0.3 is 0 Å². The van der Waals surface area contributed by atoms with Crippen LogP contribution in [-0.2, 0) is 0 Å². The van der Waals surface area contributed by atoms with Crippen molar-refractivity contribution in [3.63, 3.8) is 0 Å². The molecule has 2 heterocycles. The smallest absolute Gasteiger partial charge is 0.0166 e. The molecule has 2 aliphatic heterocycles. The van der Waals surface area contributed by atoms with E-state index in [-0.39, 0.29) is 0 Å². The van der Waals surface area contributed by atoms with E-state index in [1.807, 2.05) is 0 Å². The maximum absolute atomic E-state index is 2.53. The molecule has 2 aliphatic rings. The second-order valence-electron chi connectivity index (χ2n) is 2.64. The van der Waals surface area contributed by atoms with Crippen molar-refractivity contribution in [1.82, 2.24) is 4.90 Å². The minimum absolute atomic E-state index is 0.931. The van der Waals surface area contributed by atoms with E-state index in [1.165, 1.54) is 25.9 Å². The highest BCUT2D eigenvalue weighted by Gasteiger charge is 2.26. The maximum Gasteiger partial charge on any atom is 0.0166 e. The second-order valence-corrected chi connectivity index (χ2v) is 2.64. The zero-order valence-electron chi connectivity index (χ0n) is 5.01. The van der Waals surface area contributed by atoms with Crippen LogP contribution in [0.15, 0.2) is 12.2 Å². The number of hydrogen-bond donors (Lipinski definition) is 0. The Labute approximate surface area is 50.0 Å². The fourth-order valence-corrected chi connectivity index (χ4v) is 1.46. The standard InChI is InChI=1S/C7H11N/c1-2-5-8-6-4-7(8)3-1/h1-2,7H,3-6H2. The van der Waals surface area contributed by atoms with E-state index in [0.717, 1.165) is 6.04 Å². The van der Waals surface area contributed by atoms with Crippen LogP contribution in [0.25, 0.3) is 0 Å². The van der Waals surface area contributed by atoms with Gasteiger partial charge in [0.05, 0.1) is 0 Å². The molecule has 1 fully saturated rings. The highest BCUT2D eigenvalue weighted by Crippen LogP contribution is 2.23. The Morgan fingerprint density at radius 2 is 2.38 bits per heavy atom. The van der Waals surface area contributed by atoms with Gasteiger partial charge in [0.25, 0.3) is 0 Å². The average Bonchev–Trinajstić information content (AvgIpc) is 1.72. The Bertz CT molecular complexity index is 104. The Morgan fingerprint density at radius 3 is 2.75 bits per heavy atom. The summed E-state index contributed by atoms with van der Waals surface area (Å²) in [6.45, 7) is 2.56. The summed E-state index contributed by atoms with van der Waals surface area (Å²) in [4.78, 5) is 2.53. The minimum atomic E-state index is 0.931. The molecule has 1 nitrogen and oxygen atoms in total. The van der Waals surface area contributed by atoms with Crippen molar-refractivity contribution < 1.29 is 0 Å². The van der Waals surface area contributed by atoms with E-state index in [1.54, 1.807) is 0 Å². The molecule has 1 saturated heterocycles. The van der Waals surface area contributed by atoms with Crippen LogP contribution in [0, 0.1) is 0 Å². The lowest BCUT2D eigenvalue weighted by Gasteiger charge is -2.42. The van der Waals surface area contributed by atoms with E-state index < -0.39 is 0 Å². The van der Waals surface area contributed by atoms with Crippen molar-refractivity contribution in [3.05, 3.63) is 12.2 Å². The summed E-state index contributed by atoms with van der Waals surface area (Å²) in [7, 11) is 0. The van der Waals surface area contributed by atoms with Crippen molar-refractivity contribution in [2.24, 2.45) is 0 Å². The van der Waals surface area contributed by atoms with Crippen LogP contribution in [0.4, 0.5) is 0 Å². The normalized spacial score (nSPS) is 36.2. The molecule has 0 aromatic carbocycles. The van der Waals surface area contributed by atoms with Crippen LogP contribution in [-0.4, -0.2) is 24.0 Å². The van der Waals surface area contributed by atoms with Gasteiger partial charge in [-0.15, -0.1) is 0 Å². The first-order valence-corrected chi connectivity index (χ1v) is 3.36. The first-order chi connectivity index (χ1) is 3.97. The molecular formula is C7H11N. The van der Waals surface area contributed by atoms with Crippen LogP contribution in [0.3, 0.4) is 0 Å². The first kappa shape index (κ1) is 4.57. The quantitative estimate of drug-likeness (QED) is 0.420. The van der Waals surface area contributed by atoms with Gasteiger partial charge in [-0.25, -0.2) is 0 Å². The highest BCUT2D eigenvalue weighted by molar-refractivity contribution is 5.00. The lowest BCUT2D eigenvalue weighted by Crippen LogP contribution is -2.48. The molecule has 0 aromatic heterocycles. The predicted molar refractivity (Wildman–Crippen MR) is 33.7 cm³/mol. The lowest BCUT2D eigenvalue weighted by atomic mass is 9.97. The van der Waals surface area contributed by atoms with Gasteiger partial charge >= 0.3 is 0 Å². The maximum atomic E-state index is 2.53. The molecule has 0 bridgehead atoms. The van der Waals surface area contributed by atoms with Crippen LogP contribution in [0.1, 0.15) is 12.8 Å². The zero-order chi connectivity index (χ0) is 5.40. The molecule has 1 unspecified atom stereocenters. The Hall–Kier alpha value is -0.300. The summed E-state index contributed by atoms with van der Waals surface area (Å²) in [5.41, 5.74) is 0. The molecule has 0 aliphatic carbocycles. The molecule has 0 amide bonds. The molecule has 0 saturated carbocycles. The second kappa shape index (κ2) is 1.59. The van der Waals surface area contributed by atoms with Crippen LogP contribution < -0.4 is 0 Å². The summed E-state index contributed by atoms with van der Waals surface area (Å²) < 4.78 is 0. The monoisotopic (exact) mass is 109 g/mol. The van der Waals surface area contributed by atoms with E-state index in [9.17, 15) is 0 Å². The zero-order valence-corrected chi connectivity index (χ0v) is 5.01. The van der Waals surface area contributed by atoms with Crippen molar-refractivity contribution in [2.75, 3.05) is 13.1 Å². The van der Waals surface area contributed by atoms with E-state index in [4.69, 9.17) is 0 Å². The molecule has 0 N–H and O–H groups in total. The Morgan fingerprint density at radius 1 is 1.38 bits per heavy atom. The lowest BCUT2D eigenvalue weighted by molar-refractivity contribution is 0.101. The van der Waals surface area contributed by atoms with Gasteiger partial charge in [0.15, 0.2) is 0 Å². The summed E-state index contributed by atoms with van der Waals surface area (Å²) in [6.07, 6.45) is 7.32. The molecule has 0 radical (unpaired) electrons. The van der Waals surface area contributed by atoms with Crippen LogP contribution in [0.5, 0.6) is 0 Å². The van der Waals surface area contributed by atoms with Gasteiger partial charge in [0, 0.05) is 19.1 Å². The van der Waals surface area contributed by atoms with Gasteiger partial charge in [0.1, 0.15) is 0 Å². The number of rotatable bonds is 0. The van der Waals surface area contributed by atoms with Gasteiger partial charge in [-0.1, -0.05) is 12.2 Å². The van der Waals surface area contributed by atoms with Crippen molar-refractivity contribution in [1.29, 1.82) is 0 Å². The molecular weight excluding hydrogens is 98.1 g/mol. The summed E-state index contributed by atoms with van der Waals surface area (Å²) in [5, 5.41) is 0. The van der Waals surface area contributed by atoms with E-state index in [0.29, 0.717) is 0 Å². The molecule has 1 atom stereocenters. The molecule has 8 heavy (non-hydrogen) atoms. The molecule has 1 heteroatoms. The third kappa shape index (κ3) is 0.511. The Kier molecular flexibility index (Phi) is 0.908. The molecule has 2 rings (SSSR count). The van der Waals surface area contributed by atoms with Crippen molar-refractivity contribution in [2.45, 2.75) is 18.9 Å². The fraction of sp³-hybridized carbons (Fsp3) is 0.714. The third-order valence-corrected chi connectivity index (χ3v) is 2.18. The van der Waals surface area contributed by atoms with Gasteiger partial charge in [-0.3, -0.25) is 4.90 Å². The molecule has 0 spiro atoms. The SMILES string of the molecule is C1=CCN2CCC2C1. The Balaban J connectivity index is 2.05. The van der Waals surface area contributed by atoms with Crippen molar-refractivity contribution >= 4 is 0 Å². The van der Waals surface area contributed by atoms with Crippen LogP contribution in [0.2, 0.25) is 0 Å². The first-order valence-electron chi connectivity index (χ1n) is 3.36. The minimum Gasteiger partial charge on any atom is -0.296 e. The van der Waals surface area contributed by atoms with Crippen molar-refractivity contribution in [3.8, 4) is 0 Å². The van der Waals surface area contributed by atoms with E-state index >= 15 is 0 Å². The number of hydrogen-bond acceptors (Lipinski definition) is 1. The van der Waals surface area contributed by atoms with Gasteiger partial charge in [-0.05, 0) is 12.8 Å². The summed E-state index contributed by atoms with van der Waals surface area (Å²) in [6, 6.07) is 0.931. The molecule has 0 aromatic rings. The van der Waals surface area contributed by atoms with Crippen LogP contribution >= 0.6 is 0 Å². The topological polar surface area (TPSA) is 3.24 Å². The fourth-order valence-electron chi connectivity index (χ4n) is 1.46. The average molecular weight is 109 g/mol. The predicted octanol–water partition coefficient (Wildman–Crippen LogP) is 1.02. The summed E-state index contributed by atoms with van der Waals surface area (Å²) >= 11 is 0. The largest absolute Gasteiger partial charge is 0.296 e. The third-order valence-electron chi connectivity index (χ3n) is 2.18. The number of fused-ring (bicyclic) bond motifs is 1. The number of nitrogens with zero attached hydrogens (tertiary/aromatic N) is 1. The van der Waals surface area contributed by atoms with Gasteiger partial charge in [-0.2, -0.15) is 0 Å². The molecule has 44 valence electrons. The van der Waals surface area contributed by atoms with E-state index in [2.05, 4.69) is 17.1 Å².